The van der Waals surface area contributed by atoms with Crippen molar-refractivity contribution in [2.24, 2.45) is 5.92 Å². The summed E-state index contributed by atoms with van der Waals surface area (Å²) >= 11 is 0. The molecule has 3 atom stereocenters. The van der Waals surface area contributed by atoms with E-state index in [-0.39, 0.29) is 11.1 Å². The molecule has 0 spiro atoms. The summed E-state index contributed by atoms with van der Waals surface area (Å²) in [7, 11) is -1.81. The van der Waals surface area contributed by atoms with Gasteiger partial charge in [0, 0.05) is 12.3 Å². The number of hydrogen-bond acceptors (Lipinski definition) is 3. The van der Waals surface area contributed by atoms with Gasteiger partial charge in [-0.3, -0.25) is 10.3 Å². The van der Waals surface area contributed by atoms with E-state index in [1.165, 1.54) is 0 Å². The van der Waals surface area contributed by atoms with E-state index in [4.69, 9.17) is 9.53 Å². The predicted octanol–water partition coefficient (Wildman–Crippen LogP) is 5.47. The van der Waals surface area contributed by atoms with E-state index in [2.05, 4.69) is 51.1 Å². The molecule has 3 unspecified atom stereocenters. The van der Waals surface area contributed by atoms with E-state index >= 15 is 0 Å². The molecule has 0 bridgehead atoms. The highest BCUT2D eigenvalue weighted by molar-refractivity contribution is 6.74. The van der Waals surface area contributed by atoms with Crippen LogP contribution in [0, 0.1) is 5.92 Å². The Kier molecular flexibility index (Phi) is 5.94. The fourth-order valence-electron chi connectivity index (χ4n) is 3.46. The minimum atomic E-state index is -1.81. The third kappa shape index (κ3) is 5.04. The molecule has 5 nitrogen and oxygen atoms in total. The van der Waals surface area contributed by atoms with Gasteiger partial charge in [0.2, 0.25) is 0 Å². The summed E-state index contributed by atoms with van der Waals surface area (Å²) in [5.74, 6) is 0.850. The number of carboxylic acid groups (broad SMARTS) is 1. The zero-order chi connectivity index (χ0) is 18.8. The Balaban J connectivity index is 2.20. The van der Waals surface area contributed by atoms with Gasteiger partial charge in [-0.05, 0) is 60.9 Å². The van der Waals surface area contributed by atoms with Crippen LogP contribution in [0.25, 0.3) is 0 Å². The van der Waals surface area contributed by atoms with E-state index in [0.717, 1.165) is 24.8 Å². The summed E-state index contributed by atoms with van der Waals surface area (Å²) in [4.78, 5) is 15.1. The van der Waals surface area contributed by atoms with Gasteiger partial charge in [-0.15, -0.1) is 0 Å². The third-order valence-electron chi connectivity index (χ3n) is 5.70. The standard InChI is InChI=1S/C19H32N2O3Si/c1-13-9-14(16-7-8-20-12-17(16)21-18(22)23)11-15(10-13)24-25(5,6)19(2,3)4/h7-8,12-15,21H,9-11H2,1-6H3,(H,22,23). The Morgan fingerprint density at radius 3 is 2.60 bits per heavy atom. The fourth-order valence-corrected chi connectivity index (χ4v) is 4.84. The summed E-state index contributed by atoms with van der Waals surface area (Å²) in [6, 6.07) is 1.94. The zero-order valence-corrected chi connectivity index (χ0v) is 17.3. The molecule has 1 heterocycles. The summed E-state index contributed by atoms with van der Waals surface area (Å²) in [6.07, 6.45) is 5.60. The van der Waals surface area contributed by atoms with Crippen molar-refractivity contribution in [1.29, 1.82) is 0 Å². The van der Waals surface area contributed by atoms with Gasteiger partial charge in [0.15, 0.2) is 8.32 Å². The number of anilines is 1. The Bertz CT molecular complexity index is 613. The number of carbonyl (C=O) groups is 1. The molecule has 2 rings (SSSR count). The van der Waals surface area contributed by atoms with Crippen LogP contribution in [0.3, 0.4) is 0 Å². The van der Waals surface area contributed by atoms with Crippen molar-refractivity contribution in [3.8, 4) is 0 Å². The Morgan fingerprint density at radius 2 is 2.00 bits per heavy atom. The van der Waals surface area contributed by atoms with Crippen molar-refractivity contribution in [2.45, 2.75) is 77.1 Å². The molecule has 1 aromatic rings. The largest absolute Gasteiger partial charge is 0.465 e. The molecule has 1 saturated carbocycles. The first-order valence-electron chi connectivity index (χ1n) is 9.11. The maximum Gasteiger partial charge on any atom is 0.409 e. The van der Waals surface area contributed by atoms with Crippen LogP contribution in [-0.4, -0.2) is 30.6 Å². The molecule has 1 aliphatic carbocycles. The van der Waals surface area contributed by atoms with Gasteiger partial charge in [0.05, 0.1) is 11.9 Å². The number of nitrogens with one attached hydrogen (secondary N) is 1. The second-order valence-corrected chi connectivity index (χ2v) is 13.7. The lowest BCUT2D eigenvalue weighted by Crippen LogP contribution is -2.45. The normalized spacial score (nSPS) is 24.8. The Morgan fingerprint density at radius 1 is 1.32 bits per heavy atom. The second kappa shape index (κ2) is 7.46. The van der Waals surface area contributed by atoms with E-state index in [1.54, 1.807) is 12.4 Å². The van der Waals surface area contributed by atoms with Crippen molar-refractivity contribution < 1.29 is 14.3 Å². The van der Waals surface area contributed by atoms with Crippen LogP contribution in [0.1, 0.15) is 58.4 Å². The molecule has 1 aliphatic rings. The molecule has 1 fully saturated rings. The summed E-state index contributed by atoms with van der Waals surface area (Å²) in [5, 5.41) is 11.8. The molecule has 1 aromatic heterocycles. The first-order chi connectivity index (χ1) is 11.5. The lowest BCUT2D eigenvalue weighted by Gasteiger charge is -2.43. The number of pyridine rings is 1. The van der Waals surface area contributed by atoms with Gasteiger partial charge < -0.3 is 9.53 Å². The second-order valence-electron chi connectivity index (χ2n) is 8.90. The SMILES string of the molecule is CC1CC(O[Si](C)(C)C(C)(C)C)CC(c2ccncc2NC(=O)O)C1. The van der Waals surface area contributed by atoms with Crippen LogP contribution in [0.5, 0.6) is 0 Å². The average Bonchev–Trinajstić information content (AvgIpc) is 2.44. The van der Waals surface area contributed by atoms with Crippen molar-refractivity contribution in [3.63, 3.8) is 0 Å². The van der Waals surface area contributed by atoms with Crippen molar-refractivity contribution >= 4 is 20.1 Å². The quantitative estimate of drug-likeness (QED) is 0.695. The number of nitrogens with zero attached hydrogens (tertiary/aromatic N) is 1. The summed E-state index contributed by atoms with van der Waals surface area (Å²) in [6.45, 7) is 13.7. The molecular formula is C19H32N2O3Si. The molecule has 0 aromatic carbocycles. The van der Waals surface area contributed by atoms with Crippen LogP contribution in [0.15, 0.2) is 18.5 Å². The number of hydrogen-bond donors (Lipinski definition) is 2. The van der Waals surface area contributed by atoms with Gasteiger partial charge in [-0.2, -0.15) is 0 Å². The highest BCUT2D eigenvalue weighted by Gasteiger charge is 2.41. The van der Waals surface area contributed by atoms with E-state index in [9.17, 15) is 4.79 Å². The summed E-state index contributed by atoms with van der Waals surface area (Å²) < 4.78 is 6.67. The van der Waals surface area contributed by atoms with Gasteiger partial charge in [0.1, 0.15) is 0 Å². The van der Waals surface area contributed by atoms with Crippen molar-refractivity contribution in [2.75, 3.05) is 5.32 Å². The van der Waals surface area contributed by atoms with Gasteiger partial charge in [-0.25, -0.2) is 4.79 Å². The molecule has 0 saturated heterocycles. The molecule has 25 heavy (non-hydrogen) atoms. The van der Waals surface area contributed by atoms with Crippen molar-refractivity contribution in [1.82, 2.24) is 4.98 Å². The Labute approximate surface area is 152 Å². The first-order valence-corrected chi connectivity index (χ1v) is 12.0. The van der Waals surface area contributed by atoms with Crippen LogP contribution in [0.4, 0.5) is 10.5 Å². The Hall–Kier alpha value is -1.40. The fraction of sp³-hybridized carbons (Fsp3) is 0.684. The van der Waals surface area contributed by atoms with E-state index < -0.39 is 14.4 Å². The van der Waals surface area contributed by atoms with Gasteiger partial charge in [0.25, 0.3) is 0 Å². The molecule has 0 radical (unpaired) electrons. The monoisotopic (exact) mass is 364 g/mol. The van der Waals surface area contributed by atoms with Gasteiger partial charge >= 0.3 is 6.09 Å². The molecule has 0 aliphatic heterocycles. The van der Waals surface area contributed by atoms with Crippen LogP contribution >= 0.6 is 0 Å². The smallest absolute Gasteiger partial charge is 0.409 e. The van der Waals surface area contributed by atoms with E-state index in [0.29, 0.717) is 17.5 Å². The molecule has 1 amide bonds. The van der Waals surface area contributed by atoms with Crippen LogP contribution in [0.2, 0.25) is 18.1 Å². The minimum absolute atomic E-state index is 0.190. The third-order valence-corrected chi connectivity index (χ3v) is 10.2. The predicted molar refractivity (Wildman–Crippen MR) is 104 cm³/mol. The lowest BCUT2D eigenvalue weighted by atomic mass is 9.77. The molecule has 6 heteroatoms. The average molecular weight is 365 g/mol. The molecule has 140 valence electrons. The number of rotatable bonds is 4. The molecule has 2 N–H and O–H groups in total. The first kappa shape index (κ1) is 19.9. The number of amides is 1. The zero-order valence-electron chi connectivity index (χ0n) is 16.3. The molecular weight excluding hydrogens is 332 g/mol. The van der Waals surface area contributed by atoms with Gasteiger partial charge in [-0.1, -0.05) is 27.7 Å². The number of aromatic nitrogens is 1. The highest BCUT2D eigenvalue weighted by Crippen LogP contribution is 2.44. The highest BCUT2D eigenvalue weighted by atomic mass is 28.4. The topological polar surface area (TPSA) is 71.5 Å². The van der Waals surface area contributed by atoms with Crippen molar-refractivity contribution in [3.05, 3.63) is 24.0 Å². The lowest BCUT2D eigenvalue weighted by molar-refractivity contribution is 0.103. The van der Waals surface area contributed by atoms with Crippen LogP contribution < -0.4 is 5.32 Å². The van der Waals surface area contributed by atoms with E-state index in [1.807, 2.05) is 6.07 Å². The maximum atomic E-state index is 11.1. The minimum Gasteiger partial charge on any atom is -0.465 e. The summed E-state index contributed by atoms with van der Waals surface area (Å²) in [5.41, 5.74) is 1.63. The maximum absolute atomic E-state index is 11.1. The van der Waals surface area contributed by atoms with Crippen LogP contribution in [-0.2, 0) is 4.43 Å².